The molecule has 0 radical (unpaired) electrons. The fourth-order valence-electron chi connectivity index (χ4n) is 2.73. The minimum absolute atomic E-state index is 0.0549. The van der Waals surface area contributed by atoms with Gasteiger partial charge in [-0.15, -0.1) is 0 Å². The number of amides is 1. The zero-order valence-corrected chi connectivity index (χ0v) is 19.4. The molecule has 0 heterocycles. The van der Waals surface area contributed by atoms with Crippen molar-refractivity contribution in [3.63, 3.8) is 0 Å². The van der Waals surface area contributed by atoms with E-state index in [0.717, 1.165) is 6.07 Å². The number of hydrogen-bond donors (Lipinski definition) is 1. The van der Waals surface area contributed by atoms with Gasteiger partial charge in [-0.05, 0) is 42.3 Å². The molecule has 1 amide bonds. The van der Waals surface area contributed by atoms with Crippen molar-refractivity contribution >= 4 is 40.9 Å². The molecule has 2 aromatic carbocycles. The van der Waals surface area contributed by atoms with Crippen molar-refractivity contribution in [1.82, 2.24) is 5.32 Å². The van der Waals surface area contributed by atoms with Crippen molar-refractivity contribution in [2.75, 3.05) is 13.7 Å². The van der Waals surface area contributed by atoms with Crippen LogP contribution in [0.3, 0.4) is 0 Å². The zero-order valence-electron chi connectivity index (χ0n) is 17.9. The molecule has 1 N–H and O–H groups in total. The van der Waals surface area contributed by atoms with Crippen LogP contribution in [0.2, 0.25) is 10.0 Å². The Morgan fingerprint density at radius 2 is 1.73 bits per heavy atom. The van der Waals surface area contributed by atoms with Crippen LogP contribution >= 0.6 is 23.2 Å². The number of methoxy groups -OCH3 is 1. The Morgan fingerprint density at radius 1 is 1.03 bits per heavy atom. The number of halogens is 4. The molecule has 1 atom stereocenters. The first-order valence-corrected chi connectivity index (χ1v) is 10.4. The Labute approximate surface area is 198 Å². The minimum atomic E-state index is -3.06. The molecule has 2 rings (SSSR count). The second kappa shape index (κ2) is 11.8. The van der Waals surface area contributed by atoms with Gasteiger partial charge in [-0.3, -0.25) is 9.59 Å². The van der Waals surface area contributed by atoms with Crippen LogP contribution in [0.25, 0.3) is 0 Å². The lowest BCUT2D eigenvalue weighted by molar-refractivity contribution is -0.145. The van der Waals surface area contributed by atoms with Crippen LogP contribution in [0.1, 0.15) is 34.6 Å². The molecule has 0 fully saturated rings. The van der Waals surface area contributed by atoms with E-state index in [1.807, 2.05) is 0 Å². The molecule has 0 unspecified atom stereocenters. The van der Waals surface area contributed by atoms with Crippen LogP contribution < -0.4 is 14.8 Å². The Kier molecular flexibility index (Phi) is 9.43. The van der Waals surface area contributed by atoms with Gasteiger partial charge < -0.3 is 19.5 Å². The van der Waals surface area contributed by atoms with Gasteiger partial charge in [-0.1, -0.05) is 37.0 Å². The Morgan fingerprint density at radius 3 is 2.30 bits per heavy atom. The average molecular weight is 504 g/mol. The summed E-state index contributed by atoms with van der Waals surface area (Å²) in [5.41, 5.74) is 0.174. The van der Waals surface area contributed by atoms with Gasteiger partial charge in [0, 0.05) is 10.6 Å². The molecular weight excluding hydrogens is 483 g/mol. The van der Waals surface area contributed by atoms with Crippen LogP contribution in [0.15, 0.2) is 36.4 Å². The molecule has 2 aromatic rings. The van der Waals surface area contributed by atoms with Crippen molar-refractivity contribution < 1.29 is 37.4 Å². The predicted octanol–water partition coefficient (Wildman–Crippen LogP) is 4.78. The second-order valence-electron chi connectivity index (χ2n) is 7.09. The third kappa shape index (κ3) is 7.30. The Hall–Kier alpha value is -2.91. The lowest BCUT2D eigenvalue weighted by Gasteiger charge is -2.21. The number of ether oxygens (including phenoxy) is 3. The van der Waals surface area contributed by atoms with Crippen molar-refractivity contribution in [1.29, 1.82) is 0 Å². The van der Waals surface area contributed by atoms with E-state index in [0.29, 0.717) is 5.02 Å². The molecule has 0 aromatic heterocycles. The van der Waals surface area contributed by atoms with Crippen LogP contribution in [0.5, 0.6) is 11.5 Å². The summed E-state index contributed by atoms with van der Waals surface area (Å²) in [5.74, 6) is -2.75. The maximum atomic E-state index is 12.6. The number of alkyl halides is 2. The first-order valence-electron chi connectivity index (χ1n) is 9.62. The van der Waals surface area contributed by atoms with Crippen molar-refractivity contribution in [3.05, 3.63) is 57.6 Å². The van der Waals surface area contributed by atoms with Gasteiger partial charge in [0.05, 0.1) is 17.7 Å². The SMILES string of the molecule is COc1cc(C(=O)COC(=O)[C@@H](NC(=O)c2ccc(Cl)cc2Cl)C(C)C)ccc1OC(F)F. The van der Waals surface area contributed by atoms with Crippen molar-refractivity contribution in [2.24, 2.45) is 5.92 Å². The molecule has 11 heteroatoms. The largest absolute Gasteiger partial charge is 0.493 e. The summed E-state index contributed by atoms with van der Waals surface area (Å²) in [5, 5.41) is 3.00. The van der Waals surface area contributed by atoms with Gasteiger partial charge in [0.1, 0.15) is 6.04 Å². The second-order valence-corrected chi connectivity index (χ2v) is 7.94. The number of rotatable bonds is 10. The van der Waals surface area contributed by atoms with Gasteiger partial charge in [0.25, 0.3) is 5.91 Å². The van der Waals surface area contributed by atoms with Gasteiger partial charge in [0.15, 0.2) is 23.9 Å². The first kappa shape index (κ1) is 26.3. The lowest BCUT2D eigenvalue weighted by Crippen LogP contribution is -2.45. The van der Waals surface area contributed by atoms with Crippen LogP contribution in [0.4, 0.5) is 8.78 Å². The monoisotopic (exact) mass is 503 g/mol. The molecule has 0 aliphatic heterocycles. The number of carbonyl (C=O) groups is 3. The van der Waals surface area contributed by atoms with Crippen LogP contribution in [0, 0.1) is 5.92 Å². The van der Waals surface area contributed by atoms with Crippen molar-refractivity contribution in [2.45, 2.75) is 26.5 Å². The van der Waals surface area contributed by atoms with E-state index in [-0.39, 0.29) is 33.6 Å². The Bertz CT molecular complexity index is 1030. The van der Waals surface area contributed by atoms with Crippen molar-refractivity contribution in [3.8, 4) is 11.5 Å². The average Bonchev–Trinajstić information content (AvgIpc) is 2.75. The van der Waals surface area contributed by atoms with Gasteiger partial charge >= 0.3 is 12.6 Å². The highest BCUT2D eigenvalue weighted by Gasteiger charge is 2.28. The molecule has 0 bridgehead atoms. The molecule has 7 nitrogen and oxygen atoms in total. The molecule has 0 aliphatic carbocycles. The number of esters is 1. The van der Waals surface area contributed by atoms with Gasteiger partial charge in [-0.25, -0.2) is 4.79 Å². The van der Waals surface area contributed by atoms with Gasteiger partial charge in [0.2, 0.25) is 0 Å². The summed E-state index contributed by atoms with van der Waals surface area (Å²) < 4.78 is 39.2. The number of ketones is 1. The molecule has 0 saturated carbocycles. The number of nitrogens with one attached hydrogen (secondary N) is 1. The van der Waals surface area contributed by atoms with E-state index >= 15 is 0 Å². The molecule has 178 valence electrons. The fourth-order valence-corrected chi connectivity index (χ4v) is 3.23. The normalized spacial score (nSPS) is 11.8. The zero-order chi connectivity index (χ0) is 24.7. The Balaban J connectivity index is 2.05. The van der Waals surface area contributed by atoms with E-state index < -0.39 is 36.9 Å². The fraction of sp³-hybridized carbons (Fsp3) is 0.318. The highest BCUT2D eigenvalue weighted by molar-refractivity contribution is 6.36. The van der Waals surface area contributed by atoms with E-state index in [9.17, 15) is 23.2 Å². The summed E-state index contributed by atoms with van der Waals surface area (Å²) >= 11 is 11.9. The summed E-state index contributed by atoms with van der Waals surface area (Å²) in [4.78, 5) is 37.5. The predicted molar refractivity (Wildman–Crippen MR) is 117 cm³/mol. The third-order valence-corrected chi connectivity index (χ3v) is 4.98. The number of carbonyl (C=O) groups excluding carboxylic acids is 3. The molecule has 0 saturated heterocycles. The van der Waals surface area contributed by atoms with E-state index in [1.165, 1.54) is 37.4 Å². The van der Waals surface area contributed by atoms with E-state index in [2.05, 4.69) is 10.1 Å². The van der Waals surface area contributed by atoms with E-state index in [1.54, 1.807) is 13.8 Å². The summed E-state index contributed by atoms with van der Waals surface area (Å²) in [6, 6.07) is 6.81. The molecule has 0 aliphatic rings. The lowest BCUT2D eigenvalue weighted by atomic mass is 10.0. The molecule has 33 heavy (non-hydrogen) atoms. The van der Waals surface area contributed by atoms with Crippen LogP contribution in [-0.4, -0.2) is 44.0 Å². The molecular formula is C22H21Cl2F2NO6. The summed E-state index contributed by atoms with van der Waals surface area (Å²) in [7, 11) is 1.23. The van der Waals surface area contributed by atoms with Gasteiger partial charge in [-0.2, -0.15) is 8.78 Å². The van der Waals surface area contributed by atoms with Crippen LogP contribution in [-0.2, 0) is 9.53 Å². The quantitative estimate of drug-likeness (QED) is 0.370. The standard InChI is InChI=1S/C22H21Cl2F2NO6/c1-11(2)19(27-20(29)14-6-5-13(23)9-15(14)24)21(30)32-10-16(28)12-4-7-17(33-22(25)26)18(8-12)31-3/h4-9,11,19,22H,10H2,1-3H3,(H,27,29)/t19-/m0/s1. The first-order chi connectivity index (χ1) is 15.5. The smallest absolute Gasteiger partial charge is 0.387 e. The number of hydrogen-bond acceptors (Lipinski definition) is 6. The molecule has 0 spiro atoms. The number of Topliss-reactive ketones (excluding diaryl/α,β-unsaturated/α-hetero) is 1. The number of benzene rings is 2. The maximum absolute atomic E-state index is 12.6. The highest BCUT2D eigenvalue weighted by atomic mass is 35.5. The summed E-state index contributed by atoms with van der Waals surface area (Å²) in [6.45, 7) is -0.334. The highest BCUT2D eigenvalue weighted by Crippen LogP contribution is 2.29. The summed E-state index contributed by atoms with van der Waals surface area (Å²) in [6.07, 6.45) is 0. The van der Waals surface area contributed by atoms with E-state index in [4.69, 9.17) is 32.7 Å². The maximum Gasteiger partial charge on any atom is 0.387 e. The third-order valence-electron chi connectivity index (χ3n) is 4.43. The minimum Gasteiger partial charge on any atom is -0.493 e. The topological polar surface area (TPSA) is 90.9 Å².